The number of hydrogen-bond acceptors (Lipinski definition) is 5. The number of methoxy groups -OCH3 is 1. The van der Waals surface area contributed by atoms with E-state index in [1.54, 1.807) is 11.1 Å². The predicted molar refractivity (Wildman–Crippen MR) is 80.3 cm³/mol. The first-order chi connectivity index (χ1) is 10.1. The van der Waals surface area contributed by atoms with E-state index < -0.39 is 0 Å². The van der Waals surface area contributed by atoms with Crippen LogP contribution in [-0.4, -0.2) is 43.6 Å². The molecule has 21 heavy (non-hydrogen) atoms. The summed E-state index contributed by atoms with van der Waals surface area (Å²) in [6.07, 6.45) is 1.88. The number of hydrogen-bond donors (Lipinski definition) is 0. The van der Waals surface area contributed by atoms with Gasteiger partial charge < -0.3 is 14.5 Å². The van der Waals surface area contributed by atoms with E-state index in [4.69, 9.17) is 4.74 Å². The molecule has 0 aliphatic carbocycles. The molecule has 6 heteroatoms. The molecule has 0 saturated carbocycles. The Kier molecular flexibility index (Phi) is 4.77. The Morgan fingerprint density at radius 1 is 1.43 bits per heavy atom. The molecule has 1 amide bonds. The van der Waals surface area contributed by atoms with Crippen LogP contribution in [0.4, 0.5) is 11.5 Å². The zero-order valence-electron chi connectivity index (χ0n) is 12.7. The predicted octanol–water partition coefficient (Wildman–Crippen LogP) is 1.45. The average molecular weight is 291 g/mol. The van der Waals surface area contributed by atoms with Gasteiger partial charge in [-0.15, -0.1) is 0 Å². The van der Waals surface area contributed by atoms with Gasteiger partial charge in [-0.25, -0.2) is 4.98 Å². The lowest BCUT2D eigenvalue weighted by molar-refractivity contribution is -0.145. The highest BCUT2D eigenvalue weighted by Crippen LogP contribution is 2.26. The molecule has 6 nitrogen and oxygen atoms in total. The van der Waals surface area contributed by atoms with Gasteiger partial charge in [0, 0.05) is 26.1 Å². The van der Waals surface area contributed by atoms with E-state index in [9.17, 15) is 9.59 Å². The average Bonchev–Trinajstić information content (AvgIpc) is 2.90. The number of carbonyl (C=O) groups is 2. The highest BCUT2D eigenvalue weighted by Gasteiger charge is 2.35. The van der Waals surface area contributed by atoms with E-state index in [0.29, 0.717) is 6.54 Å². The van der Waals surface area contributed by atoms with Gasteiger partial charge in [0.2, 0.25) is 5.91 Å². The second kappa shape index (κ2) is 6.56. The Labute approximate surface area is 124 Å². The van der Waals surface area contributed by atoms with Crippen LogP contribution in [0.5, 0.6) is 0 Å². The highest BCUT2D eigenvalue weighted by molar-refractivity contribution is 5.99. The molecule has 1 aromatic heterocycles. The maximum Gasteiger partial charge on any atom is 0.311 e. The molecule has 0 N–H and O–H groups in total. The highest BCUT2D eigenvalue weighted by atomic mass is 16.5. The number of carbonyl (C=O) groups excluding carboxylic acids is 2. The Balaban J connectivity index is 2.12. The van der Waals surface area contributed by atoms with Crippen LogP contribution in [0.1, 0.15) is 20.3 Å². The summed E-state index contributed by atoms with van der Waals surface area (Å²) in [6.45, 7) is 6.28. The minimum Gasteiger partial charge on any atom is -0.469 e. The van der Waals surface area contributed by atoms with Crippen LogP contribution < -0.4 is 9.80 Å². The van der Waals surface area contributed by atoms with Crippen LogP contribution >= 0.6 is 0 Å². The summed E-state index contributed by atoms with van der Waals surface area (Å²) in [6, 6.07) is 3.78. The van der Waals surface area contributed by atoms with E-state index in [-0.39, 0.29) is 24.2 Å². The van der Waals surface area contributed by atoms with Crippen molar-refractivity contribution in [3.63, 3.8) is 0 Å². The second-order valence-electron chi connectivity index (χ2n) is 4.98. The van der Waals surface area contributed by atoms with Crippen molar-refractivity contribution in [3.05, 3.63) is 18.3 Å². The quantitative estimate of drug-likeness (QED) is 0.768. The van der Waals surface area contributed by atoms with Crippen molar-refractivity contribution in [2.45, 2.75) is 20.3 Å². The Bertz CT molecular complexity index is 511. The first kappa shape index (κ1) is 15.3. The third kappa shape index (κ3) is 3.15. The Morgan fingerprint density at radius 2 is 2.14 bits per heavy atom. The van der Waals surface area contributed by atoms with Crippen LogP contribution in [0.25, 0.3) is 0 Å². The molecule has 1 aliphatic heterocycles. The molecule has 0 aromatic carbocycles. The zero-order chi connectivity index (χ0) is 15.4. The second-order valence-corrected chi connectivity index (χ2v) is 4.98. The first-order valence-corrected chi connectivity index (χ1v) is 7.19. The van der Waals surface area contributed by atoms with E-state index in [1.807, 2.05) is 12.1 Å². The number of nitrogens with zero attached hydrogens (tertiary/aromatic N) is 3. The number of aromatic nitrogens is 1. The number of ether oxygens (including phenoxy) is 1. The molecule has 2 rings (SSSR count). The number of anilines is 2. The van der Waals surface area contributed by atoms with Gasteiger partial charge >= 0.3 is 5.97 Å². The van der Waals surface area contributed by atoms with Gasteiger partial charge in [-0.3, -0.25) is 9.59 Å². The lowest BCUT2D eigenvalue weighted by atomic mass is 10.1. The fourth-order valence-electron chi connectivity index (χ4n) is 2.55. The van der Waals surface area contributed by atoms with Crippen molar-refractivity contribution in [3.8, 4) is 0 Å². The van der Waals surface area contributed by atoms with E-state index in [0.717, 1.165) is 24.6 Å². The van der Waals surface area contributed by atoms with E-state index in [2.05, 4.69) is 23.7 Å². The summed E-state index contributed by atoms with van der Waals surface area (Å²) in [5, 5.41) is 0. The lowest BCUT2D eigenvalue weighted by Crippen LogP contribution is -2.27. The van der Waals surface area contributed by atoms with Crippen LogP contribution in [0.15, 0.2) is 18.3 Å². The van der Waals surface area contributed by atoms with Crippen molar-refractivity contribution in [2.75, 3.05) is 36.5 Å². The summed E-state index contributed by atoms with van der Waals surface area (Å²) in [5.41, 5.74) is 0.724. The zero-order valence-corrected chi connectivity index (χ0v) is 12.7. The van der Waals surface area contributed by atoms with Crippen LogP contribution in [0.3, 0.4) is 0 Å². The lowest BCUT2D eigenvalue weighted by Gasteiger charge is -2.21. The molecule has 1 aliphatic rings. The largest absolute Gasteiger partial charge is 0.469 e. The number of esters is 1. The van der Waals surface area contributed by atoms with E-state index >= 15 is 0 Å². The molecule has 1 aromatic rings. The summed E-state index contributed by atoms with van der Waals surface area (Å²) in [5.74, 6) is 0.103. The third-order valence-electron chi connectivity index (χ3n) is 3.79. The van der Waals surface area contributed by atoms with Crippen molar-refractivity contribution in [1.82, 2.24) is 4.98 Å². The molecular formula is C15H21N3O3. The molecule has 2 heterocycles. The molecule has 0 radical (unpaired) electrons. The summed E-state index contributed by atoms with van der Waals surface area (Å²) < 4.78 is 4.71. The van der Waals surface area contributed by atoms with Crippen LogP contribution in [-0.2, 0) is 14.3 Å². The molecular weight excluding hydrogens is 270 g/mol. The number of amides is 1. The van der Waals surface area contributed by atoms with Crippen LogP contribution in [0, 0.1) is 5.92 Å². The third-order valence-corrected chi connectivity index (χ3v) is 3.79. The summed E-state index contributed by atoms with van der Waals surface area (Å²) in [7, 11) is 1.34. The van der Waals surface area contributed by atoms with Gasteiger partial charge in [-0.2, -0.15) is 0 Å². The van der Waals surface area contributed by atoms with Gasteiger partial charge in [-0.1, -0.05) is 0 Å². The molecule has 1 atom stereocenters. The van der Waals surface area contributed by atoms with Crippen molar-refractivity contribution in [2.24, 2.45) is 5.92 Å². The minimum absolute atomic E-state index is 0.0669. The fraction of sp³-hybridized carbons (Fsp3) is 0.533. The normalized spacial score (nSPS) is 18.0. The minimum atomic E-state index is -0.384. The van der Waals surface area contributed by atoms with Crippen molar-refractivity contribution < 1.29 is 14.3 Å². The van der Waals surface area contributed by atoms with Crippen molar-refractivity contribution >= 4 is 23.4 Å². The smallest absolute Gasteiger partial charge is 0.311 e. The van der Waals surface area contributed by atoms with E-state index in [1.165, 1.54) is 7.11 Å². The maximum atomic E-state index is 12.0. The van der Waals surface area contributed by atoms with Gasteiger partial charge in [0.25, 0.3) is 0 Å². The van der Waals surface area contributed by atoms with Gasteiger partial charge in [0.1, 0.15) is 5.82 Å². The first-order valence-electron chi connectivity index (χ1n) is 7.19. The molecule has 0 bridgehead atoms. The number of pyridine rings is 1. The van der Waals surface area contributed by atoms with Crippen LogP contribution in [0.2, 0.25) is 0 Å². The topological polar surface area (TPSA) is 62.7 Å². The molecule has 114 valence electrons. The monoisotopic (exact) mass is 291 g/mol. The molecule has 1 fully saturated rings. The maximum absolute atomic E-state index is 12.0. The van der Waals surface area contributed by atoms with Gasteiger partial charge in [-0.05, 0) is 26.0 Å². The molecule has 0 spiro atoms. The summed E-state index contributed by atoms with van der Waals surface area (Å²) >= 11 is 0. The molecule has 1 unspecified atom stereocenters. The number of rotatable bonds is 5. The summed E-state index contributed by atoms with van der Waals surface area (Å²) in [4.78, 5) is 31.7. The standard InChI is InChI=1S/C15H21N3O3/c1-4-17(5-2)13-7-6-12(9-16-13)18-10-11(8-14(18)19)15(20)21-3/h6-7,9,11H,4-5,8,10H2,1-3H3. The molecule has 1 saturated heterocycles. The SMILES string of the molecule is CCN(CC)c1ccc(N2CC(C(=O)OC)CC2=O)cn1. The fourth-order valence-corrected chi connectivity index (χ4v) is 2.55. The Morgan fingerprint density at radius 3 is 2.67 bits per heavy atom. The Hall–Kier alpha value is -2.11. The van der Waals surface area contributed by atoms with Crippen molar-refractivity contribution in [1.29, 1.82) is 0 Å². The van der Waals surface area contributed by atoms with Gasteiger partial charge in [0.15, 0.2) is 0 Å². The van der Waals surface area contributed by atoms with Gasteiger partial charge in [0.05, 0.1) is 24.9 Å².